The molecule has 94 valence electrons. The van der Waals surface area contributed by atoms with E-state index in [1.807, 2.05) is 7.05 Å². The van der Waals surface area contributed by atoms with Gasteiger partial charge in [0.1, 0.15) is 0 Å². The molecule has 0 saturated carbocycles. The van der Waals surface area contributed by atoms with Crippen molar-refractivity contribution in [3.05, 3.63) is 20.8 Å². The molecule has 1 fully saturated rings. The van der Waals surface area contributed by atoms with Crippen LogP contribution < -0.4 is 21.5 Å². The number of aromatic amines is 2. The van der Waals surface area contributed by atoms with Crippen LogP contribution in [0.3, 0.4) is 0 Å². The number of piperidine rings is 1. The zero-order valence-electron chi connectivity index (χ0n) is 9.82. The third-order valence-electron chi connectivity index (χ3n) is 2.99. The largest absolute Gasteiger partial charge is 0.353 e. The normalized spacial score (nSPS) is 20.2. The Hall–Kier alpha value is -1.63. The highest BCUT2D eigenvalue weighted by Crippen LogP contribution is 2.12. The van der Waals surface area contributed by atoms with E-state index in [0.717, 1.165) is 32.5 Å². The maximum atomic E-state index is 11.5. The van der Waals surface area contributed by atoms with Gasteiger partial charge in [0.15, 0.2) is 0 Å². The van der Waals surface area contributed by atoms with Crippen LogP contribution in [0.1, 0.15) is 12.8 Å². The first kappa shape index (κ1) is 11.8. The van der Waals surface area contributed by atoms with E-state index in [2.05, 4.69) is 20.5 Å². The molecule has 1 aliphatic heterocycles. The first-order valence-electron chi connectivity index (χ1n) is 5.77. The van der Waals surface area contributed by atoms with Gasteiger partial charge in [-0.1, -0.05) is 0 Å². The molecule has 1 saturated heterocycles. The van der Waals surface area contributed by atoms with Crippen LogP contribution in [0, 0.1) is 5.92 Å². The highest BCUT2D eigenvalue weighted by molar-refractivity contribution is 5.32. The first-order valence-corrected chi connectivity index (χ1v) is 5.77. The van der Waals surface area contributed by atoms with Gasteiger partial charge in [-0.2, -0.15) is 0 Å². The lowest BCUT2D eigenvalue weighted by atomic mass is 9.99. The van der Waals surface area contributed by atoms with Gasteiger partial charge in [0.2, 0.25) is 5.82 Å². The Morgan fingerprint density at radius 1 is 1.47 bits per heavy atom. The molecule has 2 heterocycles. The highest BCUT2D eigenvalue weighted by atomic mass is 16.2. The number of nitrogens with one attached hydrogen (secondary N) is 3. The SMILES string of the molecule is CN(CC1CCCNC1)c1n[nH]c(=O)[nH]c1=O. The molecule has 0 aromatic carbocycles. The van der Waals surface area contributed by atoms with E-state index in [-0.39, 0.29) is 5.82 Å². The van der Waals surface area contributed by atoms with Crippen LogP contribution in [0.15, 0.2) is 9.59 Å². The van der Waals surface area contributed by atoms with Crippen LogP contribution in [-0.2, 0) is 0 Å². The summed E-state index contributed by atoms with van der Waals surface area (Å²) in [4.78, 5) is 26.3. The maximum Gasteiger partial charge on any atom is 0.342 e. The first-order chi connectivity index (χ1) is 8.16. The monoisotopic (exact) mass is 239 g/mol. The van der Waals surface area contributed by atoms with Crippen molar-refractivity contribution >= 4 is 5.82 Å². The van der Waals surface area contributed by atoms with Crippen LogP contribution in [0.4, 0.5) is 5.82 Å². The van der Waals surface area contributed by atoms with Crippen LogP contribution in [0.5, 0.6) is 0 Å². The van der Waals surface area contributed by atoms with Crippen LogP contribution >= 0.6 is 0 Å². The van der Waals surface area contributed by atoms with Crippen molar-refractivity contribution in [2.45, 2.75) is 12.8 Å². The Labute approximate surface area is 98.2 Å². The van der Waals surface area contributed by atoms with Crippen molar-refractivity contribution in [2.75, 3.05) is 31.6 Å². The summed E-state index contributed by atoms with van der Waals surface area (Å²) >= 11 is 0. The number of nitrogens with zero attached hydrogens (tertiary/aromatic N) is 2. The zero-order chi connectivity index (χ0) is 12.3. The molecule has 0 aliphatic carbocycles. The molecule has 0 bridgehead atoms. The molecule has 0 radical (unpaired) electrons. The Bertz CT molecular complexity index is 474. The van der Waals surface area contributed by atoms with E-state index >= 15 is 0 Å². The van der Waals surface area contributed by atoms with Gasteiger partial charge in [0.25, 0.3) is 5.56 Å². The van der Waals surface area contributed by atoms with Crippen LogP contribution in [0.2, 0.25) is 0 Å². The predicted molar refractivity (Wildman–Crippen MR) is 64.3 cm³/mol. The minimum atomic E-state index is -0.577. The number of aromatic nitrogens is 3. The molecule has 2 rings (SSSR count). The number of anilines is 1. The average Bonchev–Trinajstić information content (AvgIpc) is 2.30. The van der Waals surface area contributed by atoms with Gasteiger partial charge < -0.3 is 10.2 Å². The zero-order valence-corrected chi connectivity index (χ0v) is 9.82. The molecule has 17 heavy (non-hydrogen) atoms. The Morgan fingerprint density at radius 2 is 2.29 bits per heavy atom. The molecule has 0 spiro atoms. The lowest BCUT2D eigenvalue weighted by Crippen LogP contribution is -2.39. The Balaban J connectivity index is 2.05. The second-order valence-electron chi connectivity index (χ2n) is 4.42. The number of hydrogen-bond acceptors (Lipinski definition) is 5. The summed E-state index contributed by atoms with van der Waals surface area (Å²) in [5.41, 5.74) is -1.02. The summed E-state index contributed by atoms with van der Waals surface area (Å²) in [6, 6.07) is 0. The van der Waals surface area contributed by atoms with Gasteiger partial charge >= 0.3 is 5.69 Å². The minimum Gasteiger partial charge on any atom is -0.353 e. The molecule has 7 nitrogen and oxygen atoms in total. The van der Waals surface area contributed by atoms with Crippen LogP contribution in [-0.4, -0.2) is 41.9 Å². The van der Waals surface area contributed by atoms with Gasteiger partial charge in [-0.05, 0) is 31.8 Å². The fraction of sp³-hybridized carbons (Fsp3) is 0.700. The summed E-state index contributed by atoms with van der Waals surface area (Å²) < 4.78 is 0. The van der Waals surface area contributed by atoms with Crippen molar-refractivity contribution in [2.24, 2.45) is 5.92 Å². The summed E-state index contributed by atoms with van der Waals surface area (Å²) in [6.07, 6.45) is 2.31. The Morgan fingerprint density at radius 3 is 2.94 bits per heavy atom. The van der Waals surface area contributed by atoms with E-state index in [0.29, 0.717) is 5.92 Å². The molecular weight excluding hydrogens is 222 g/mol. The minimum absolute atomic E-state index is 0.259. The summed E-state index contributed by atoms with van der Waals surface area (Å²) in [5.74, 6) is 0.775. The quantitative estimate of drug-likeness (QED) is 0.622. The van der Waals surface area contributed by atoms with Crippen molar-refractivity contribution in [1.29, 1.82) is 0 Å². The number of H-pyrrole nitrogens is 2. The standard InChI is InChI=1S/C10H17N5O2/c1-15(6-7-3-2-4-11-5-7)8-9(16)12-10(17)14-13-8/h7,11H,2-6H2,1H3,(H2,12,14,16,17). The fourth-order valence-electron chi connectivity index (χ4n) is 2.15. The number of hydrogen-bond donors (Lipinski definition) is 3. The van der Waals surface area contributed by atoms with E-state index in [9.17, 15) is 9.59 Å². The van der Waals surface area contributed by atoms with Crippen molar-refractivity contribution in [1.82, 2.24) is 20.5 Å². The molecule has 0 amide bonds. The summed E-state index contributed by atoms with van der Waals surface area (Å²) in [7, 11) is 1.81. The van der Waals surface area contributed by atoms with E-state index in [1.54, 1.807) is 4.90 Å². The average molecular weight is 239 g/mol. The summed E-state index contributed by atoms with van der Waals surface area (Å²) in [5, 5.41) is 9.33. The molecule has 7 heteroatoms. The summed E-state index contributed by atoms with van der Waals surface area (Å²) in [6.45, 7) is 2.79. The molecule has 1 aliphatic rings. The maximum absolute atomic E-state index is 11.5. The lowest BCUT2D eigenvalue weighted by Gasteiger charge is -2.27. The second-order valence-corrected chi connectivity index (χ2v) is 4.42. The molecule has 1 aromatic rings. The Kier molecular flexibility index (Phi) is 3.58. The fourth-order valence-corrected chi connectivity index (χ4v) is 2.15. The topological polar surface area (TPSA) is 93.9 Å². The van der Waals surface area contributed by atoms with Gasteiger partial charge in [-0.15, -0.1) is 5.10 Å². The van der Waals surface area contributed by atoms with Crippen molar-refractivity contribution in [3.63, 3.8) is 0 Å². The predicted octanol–water partition coefficient (Wildman–Crippen LogP) is -1.11. The molecule has 1 atom stereocenters. The van der Waals surface area contributed by atoms with Gasteiger partial charge in [0, 0.05) is 13.6 Å². The van der Waals surface area contributed by atoms with Gasteiger partial charge in [-0.3, -0.25) is 9.78 Å². The third kappa shape index (κ3) is 2.94. The van der Waals surface area contributed by atoms with Gasteiger partial charge in [-0.25, -0.2) is 9.89 Å². The highest BCUT2D eigenvalue weighted by Gasteiger charge is 2.17. The van der Waals surface area contributed by atoms with E-state index in [1.165, 1.54) is 0 Å². The number of rotatable bonds is 3. The van der Waals surface area contributed by atoms with Crippen molar-refractivity contribution < 1.29 is 0 Å². The van der Waals surface area contributed by atoms with Gasteiger partial charge in [0.05, 0.1) is 0 Å². The molecule has 3 N–H and O–H groups in total. The van der Waals surface area contributed by atoms with E-state index < -0.39 is 11.2 Å². The molecule has 1 unspecified atom stereocenters. The third-order valence-corrected chi connectivity index (χ3v) is 2.99. The van der Waals surface area contributed by atoms with Crippen LogP contribution in [0.25, 0.3) is 0 Å². The lowest BCUT2D eigenvalue weighted by molar-refractivity contribution is 0.380. The molecular formula is C10H17N5O2. The molecule has 1 aromatic heterocycles. The van der Waals surface area contributed by atoms with Crippen molar-refractivity contribution in [3.8, 4) is 0 Å². The smallest absolute Gasteiger partial charge is 0.342 e. The van der Waals surface area contributed by atoms with E-state index in [4.69, 9.17) is 0 Å². The second kappa shape index (κ2) is 5.13.